The predicted octanol–water partition coefficient (Wildman–Crippen LogP) is 3.02. The lowest BCUT2D eigenvalue weighted by atomic mass is 10.1. The zero-order chi connectivity index (χ0) is 14.6. The van der Waals surface area contributed by atoms with Gasteiger partial charge in [-0.2, -0.15) is 0 Å². The van der Waals surface area contributed by atoms with Gasteiger partial charge in [-0.1, -0.05) is 12.1 Å². The van der Waals surface area contributed by atoms with Gasteiger partial charge in [0.05, 0.1) is 18.7 Å². The van der Waals surface area contributed by atoms with Gasteiger partial charge in [0.1, 0.15) is 5.75 Å². The molecule has 0 fully saturated rings. The van der Waals surface area contributed by atoms with E-state index in [0.29, 0.717) is 24.9 Å². The minimum atomic E-state index is 0.0118. The topological polar surface area (TPSA) is 60.2 Å². The third-order valence-corrected chi connectivity index (χ3v) is 2.65. The number of ether oxygens (including phenoxy) is 1. The fraction of sp³-hybridized carbons (Fsp3) is 0.467. The van der Waals surface area contributed by atoms with E-state index in [9.17, 15) is 0 Å². The van der Waals surface area contributed by atoms with Crippen LogP contribution in [0, 0.1) is 0 Å². The molecule has 20 heavy (non-hydrogen) atoms. The second-order valence-electron chi connectivity index (χ2n) is 5.53. The zero-order valence-corrected chi connectivity index (χ0v) is 12.4. The highest BCUT2D eigenvalue weighted by atomic mass is 16.5. The van der Waals surface area contributed by atoms with Crippen molar-refractivity contribution in [1.29, 1.82) is 0 Å². The zero-order valence-electron chi connectivity index (χ0n) is 12.4. The molecule has 0 spiro atoms. The molecule has 2 aromatic rings. The summed E-state index contributed by atoms with van der Waals surface area (Å²) in [6.45, 7) is 9.37. The Morgan fingerprint density at radius 1 is 1.20 bits per heavy atom. The first kappa shape index (κ1) is 14.5. The molecule has 1 aromatic carbocycles. The van der Waals surface area contributed by atoms with Gasteiger partial charge < -0.3 is 14.5 Å². The molecular weight excluding hydrogens is 254 g/mol. The Labute approximate surface area is 119 Å². The molecule has 0 atom stereocenters. The molecule has 108 valence electrons. The van der Waals surface area contributed by atoms with E-state index in [1.165, 1.54) is 0 Å². The summed E-state index contributed by atoms with van der Waals surface area (Å²) >= 11 is 0. The van der Waals surface area contributed by atoms with Crippen LogP contribution in [0.15, 0.2) is 28.7 Å². The Morgan fingerprint density at radius 3 is 2.65 bits per heavy atom. The van der Waals surface area contributed by atoms with Crippen LogP contribution in [0.1, 0.15) is 33.6 Å². The molecular formula is C15H21N3O2. The highest BCUT2D eigenvalue weighted by Crippen LogP contribution is 2.28. The molecule has 1 N–H and O–H groups in total. The summed E-state index contributed by atoms with van der Waals surface area (Å²) in [5.74, 6) is 1.81. The lowest BCUT2D eigenvalue weighted by Crippen LogP contribution is -2.35. The maximum Gasteiger partial charge on any atom is 0.251 e. The average Bonchev–Trinajstić information content (AvgIpc) is 2.85. The maximum atomic E-state index is 5.69. The highest BCUT2D eigenvalue weighted by Gasteiger charge is 2.15. The summed E-state index contributed by atoms with van der Waals surface area (Å²) in [6, 6.07) is 7.66. The summed E-state index contributed by atoms with van der Waals surface area (Å²) in [5.41, 5.74) is 0.835. The molecule has 0 radical (unpaired) electrons. The van der Waals surface area contributed by atoms with Gasteiger partial charge in [-0.15, -0.1) is 10.2 Å². The van der Waals surface area contributed by atoms with E-state index >= 15 is 0 Å². The lowest BCUT2D eigenvalue weighted by molar-refractivity contribution is 0.340. The number of para-hydroxylation sites is 1. The number of benzene rings is 1. The molecule has 0 bridgehead atoms. The van der Waals surface area contributed by atoms with Crippen LogP contribution in [-0.4, -0.2) is 22.3 Å². The molecule has 1 aromatic heterocycles. The van der Waals surface area contributed by atoms with E-state index in [-0.39, 0.29) is 5.54 Å². The van der Waals surface area contributed by atoms with Gasteiger partial charge in [0.15, 0.2) is 0 Å². The van der Waals surface area contributed by atoms with E-state index in [1.807, 2.05) is 31.2 Å². The minimum Gasteiger partial charge on any atom is -0.493 e. The Hall–Kier alpha value is -1.88. The molecule has 0 aliphatic rings. The summed E-state index contributed by atoms with van der Waals surface area (Å²) in [4.78, 5) is 0. The molecule has 0 amide bonds. The molecule has 2 rings (SSSR count). The van der Waals surface area contributed by atoms with Gasteiger partial charge in [-0.3, -0.25) is 0 Å². The second-order valence-corrected chi connectivity index (χ2v) is 5.53. The first-order valence-corrected chi connectivity index (χ1v) is 6.79. The number of nitrogens with zero attached hydrogens (tertiary/aromatic N) is 2. The molecule has 0 unspecified atom stereocenters. The third kappa shape index (κ3) is 3.81. The van der Waals surface area contributed by atoms with Crippen molar-refractivity contribution in [2.75, 3.05) is 6.61 Å². The van der Waals surface area contributed by atoms with Crippen molar-refractivity contribution in [1.82, 2.24) is 15.5 Å². The van der Waals surface area contributed by atoms with Crippen molar-refractivity contribution in [3.8, 4) is 17.2 Å². The van der Waals surface area contributed by atoms with Crippen molar-refractivity contribution in [2.24, 2.45) is 0 Å². The maximum absolute atomic E-state index is 5.69. The fourth-order valence-electron chi connectivity index (χ4n) is 1.70. The monoisotopic (exact) mass is 275 g/mol. The quantitative estimate of drug-likeness (QED) is 0.909. The van der Waals surface area contributed by atoms with Gasteiger partial charge in [-0.25, -0.2) is 0 Å². The van der Waals surface area contributed by atoms with Crippen LogP contribution in [0.2, 0.25) is 0 Å². The molecule has 1 heterocycles. The number of hydrogen-bond acceptors (Lipinski definition) is 5. The van der Waals surface area contributed by atoms with Crippen LogP contribution in [0.4, 0.5) is 0 Å². The summed E-state index contributed by atoms with van der Waals surface area (Å²) in [7, 11) is 0. The van der Waals surface area contributed by atoms with Gasteiger partial charge in [0.25, 0.3) is 5.89 Å². The number of rotatable bonds is 5. The van der Waals surface area contributed by atoms with E-state index in [0.717, 1.165) is 11.3 Å². The van der Waals surface area contributed by atoms with E-state index in [2.05, 4.69) is 36.3 Å². The van der Waals surface area contributed by atoms with Crippen molar-refractivity contribution in [3.63, 3.8) is 0 Å². The Balaban J connectivity index is 2.16. The largest absolute Gasteiger partial charge is 0.493 e. The average molecular weight is 275 g/mol. The van der Waals surface area contributed by atoms with Crippen LogP contribution < -0.4 is 10.1 Å². The Morgan fingerprint density at radius 2 is 1.95 bits per heavy atom. The second kappa shape index (κ2) is 6.05. The van der Waals surface area contributed by atoms with Crippen molar-refractivity contribution < 1.29 is 9.15 Å². The van der Waals surface area contributed by atoms with Crippen molar-refractivity contribution in [3.05, 3.63) is 30.2 Å². The van der Waals surface area contributed by atoms with Gasteiger partial charge >= 0.3 is 0 Å². The van der Waals surface area contributed by atoms with Crippen LogP contribution >= 0.6 is 0 Å². The summed E-state index contributed by atoms with van der Waals surface area (Å²) in [5, 5.41) is 11.5. The van der Waals surface area contributed by atoms with Gasteiger partial charge in [0.2, 0.25) is 5.89 Å². The highest BCUT2D eigenvalue weighted by molar-refractivity contribution is 5.62. The van der Waals surface area contributed by atoms with Crippen LogP contribution in [-0.2, 0) is 6.54 Å². The lowest BCUT2D eigenvalue weighted by Gasteiger charge is -2.18. The van der Waals surface area contributed by atoms with E-state index in [4.69, 9.17) is 9.15 Å². The number of aromatic nitrogens is 2. The summed E-state index contributed by atoms with van der Waals surface area (Å²) in [6.07, 6.45) is 0. The minimum absolute atomic E-state index is 0.0118. The summed E-state index contributed by atoms with van der Waals surface area (Å²) < 4.78 is 11.3. The molecule has 0 saturated carbocycles. The molecule has 5 heteroatoms. The van der Waals surface area contributed by atoms with Gasteiger partial charge in [0, 0.05) is 5.54 Å². The van der Waals surface area contributed by atoms with Crippen LogP contribution in [0.25, 0.3) is 11.5 Å². The molecule has 0 aliphatic carbocycles. The standard InChI is InChI=1S/C15H21N3O2/c1-5-19-12-9-7-6-8-11(12)14-18-17-13(20-14)10-16-15(2,3)4/h6-9,16H,5,10H2,1-4H3. The first-order valence-electron chi connectivity index (χ1n) is 6.79. The molecule has 5 nitrogen and oxygen atoms in total. The normalized spacial score (nSPS) is 11.6. The number of hydrogen-bond donors (Lipinski definition) is 1. The third-order valence-electron chi connectivity index (χ3n) is 2.65. The van der Waals surface area contributed by atoms with Crippen LogP contribution in [0.3, 0.4) is 0 Å². The van der Waals surface area contributed by atoms with E-state index in [1.54, 1.807) is 0 Å². The number of nitrogens with one attached hydrogen (secondary N) is 1. The smallest absolute Gasteiger partial charge is 0.251 e. The van der Waals surface area contributed by atoms with Crippen molar-refractivity contribution in [2.45, 2.75) is 39.8 Å². The molecule has 0 aliphatic heterocycles. The fourth-order valence-corrected chi connectivity index (χ4v) is 1.70. The predicted molar refractivity (Wildman–Crippen MR) is 77.5 cm³/mol. The first-order chi connectivity index (χ1) is 9.49. The van der Waals surface area contributed by atoms with Crippen LogP contribution in [0.5, 0.6) is 5.75 Å². The van der Waals surface area contributed by atoms with E-state index < -0.39 is 0 Å². The Bertz CT molecular complexity index is 558. The Kier molecular flexibility index (Phi) is 4.39. The van der Waals surface area contributed by atoms with Crippen molar-refractivity contribution >= 4 is 0 Å². The van der Waals surface area contributed by atoms with Gasteiger partial charge in [-0.05, 0) is 39.8 Å². The molecule has 0 saturated heterocycles. The SMILES string of the molecule is CCOc1ccccc1-c1nnc(CNC(C)(C)C)o1.